The van der Waals surface area contributed by atoms with Crippen LogP contribution in [0.3, 0.4) is 0 Å². The molecule has 0 saturated carbocycles. The predicted octanol–water partition coefficient (Wildman–Crippen LogP) is 5.43. The van der Waals surface area contributed by atoms with Crippen molar-refractivity contribution in [2.45, 2.75) is 52.7 Å². The molecule has 0 unspecified atom stereocenters. The van der Waals surface area contributed by atoms with Gasteiger partial charge in [-0.05, 0) is 42.5 Å². The van der Waals surface area contributed by atoms with E-state index in [4.69, 9.17) is 21.1 Å². The lowest BCUT2D eigenvalue weighted by Crippen LogP contribution is -2.35. The van der Waals surface area contributed by atoms with Crippen molar-refractivity contribution in [1.29, 1.82) is 0 Å². The van der Waals surface area contributed by atoms with Gasteiger partial charge in [0.2, 0.25) is 5.43 Å². The Morgan fingerprint density at radius 1 is 1.03 bits per heavy atom. The minimum Gasteiger partial charge on any atom is -0.486 e. The fraction of sp³-hybridized carbons (Fsp3) is 0.310. The summed E-state index contributed by atoms with van der Waals surface area (Å²) in [7, 11) is 1.32. The highest BCUT2D eigenvalue weighted by Crippen LogP contribution is 2.35. The molecule has 3 aromatic carbocycles. The fourth-order valence-electron chi connectivity index (χ4n) is 4.34. The number of hydrogen-bond acceptors (Lipinski definition) is 6. The zero-order valence-corrected chi connectivity index (χ0v) is 22.1. The van der Waals surface area contributed by atoms with Crippen molar-refractivity contribution in [3.8, 4) is 28.0 Å². The maximum Gasteiger partial charge on any atom is 0.357 e. The number of halogens is 1. The second kappa shape index (κ2) is 11.1. The summed E-state index contributed by atoms with van der Waals surface area (Å²) < 4.78 is 12.4. The predicted molar refractivity (Wildman–Crippen MR) is 144 cm³/mol. The van der Waals surface area contributed by atoms with Crippen LogP contribution in [0.25, 0.3) is 22.3 Å². The van der Waals surface area contributed by atoms with Crippen LogP contribution in [0, 0.1) is 0 Å². The second-order valence-electron chi connectivity index (χ2n) is 9.12. The number of carbonyl (C=O) groups excluding carboxylic acids is 1. The van der Waals surface area contributed by atoms with E-state index >= 15 is 0 Å². The molecule has 0 aliphatic heterocycles. The van der Waals surface area contributed by atoms with Crippen molar-refractivity contribution in [1.82, 2.24) is 9.55 Å². The summed E-state index contributed by atoms with van der Waals surface area (Å²) in [6.45, 7) is 6.12. The third kappa shape index (κ3) is 5.23. The van der Waals surface area contributed by atoms with Gasteiger partial charge in [0.25, 0.3) is 5.43 Å². The molecule has 0 saturated heterocycles. The van der Waals surface area contributed by atoms with Crippen molar-refractivity contribution < 1.29 is 14.3 Å². The lowest BCUT2D eigenvalue weighted by Gasteiger charge is -2.18. The molecule has 0 fully saturated rings. The van der Waals surface area contributed by atoms with E-state index in [0.29, 0.717) is 24.1 Å². The molecule has 0 aliphatic carbocycles. The van der Waals surface area contributed by atoms with E-state index in [2.05, 4.69) is 11.9 Å². The van der Waals surface area contributed by atoms with Crippen LogP contribution in [0.15, 0.2) is 58.1 Å². The monoisotopic (exact) mass is 520 g/mol. The minimum atomic E-state index is -0.590. The summed E-state index contributed by atoms with van der Waals surface area (Å²) in [6.07, 6.45) is 2.38. The summed E-state index contributed by atoms with van der Waals surface area (Å²) in [5.41, 5.74) is 2.73. The first kappa shape index (κ1) is 26.4. The Kier molecular flexibility index (Phi) is 7.93. The van der Waals surface area contributed by atoms with E-state index in [0.717, 1.165) is 35.4 Å². The molecular formula is C29H29ClN2O5. The van der Waals surface area contributed by atoms with E-state index in [1.807, 2.05) is 66.9 Å². The van der Waals surface area contributed by atoms with Crippen molar-refractivity contribution in [3.05, 3.63) is 91.2 Å². The fourth-order valence-corrected chi connectivity index (χ4v) is 4.62. The van der Waals surface area contributed by atoms with Gasteiger partial charge in [0.15, 0.2) is 16.6 Å². The number of rotatable bonds is 10. The number of aromatic nitrogens is 2. The number of methoxy groups -OCH3 is 1. The molecule has 1 aromatic heterocycles. The van der Waals surface area contributed by atoms with Gasteiger partial charge in [0.1, 0.15) is 5.82 Å². The van der Waals surface area contributed by atoms with Crippen molar-refractivity contribution in [3.63, 3.8) is 0 Å². The molecule has 0 radical (unpaired) electrons. The largest absolute Gasteiger partial charge is 0.486 e. The maximum atomic E-state index is 12.5. The molecule has 1 heterocycles. The SMILES string of the molecule is CCCCc1nc(Cl)c(C(=O)OC)n1Cc1ccc(-c2ccccc2-c2c(OC(C)C)c(=O)c2=O)cc1. The van der Waals surface area contributed by atoms with E-state index in [1.54, 1.807) is 0 Å². The number of nitrogens with zero attached hydrogens (tertiary/aromatic N) is 2. The maximum absolute atomic E-state index is 12.5. The number of benzene rings is 2. The van der Waals surface area contributed by atoms with E-state index in [1.165, 1.54) is 7.11 Å². The average Bonchev–Trinajstić information content (AvgIpc) is 3.21. The van der Waals surface area contributed by atoms with Crippen LogP contribution in [0.1, 0.15) is 55.5 Å². The standard InChI is InChI=1S/C29H29ClN2O5/c1-5-6-11-22-31-28(30)24(29(35)36-4)32(22)16-18-12-14-19(15-13-18)20-9-7-8-10-21(20)23-25(33)26(34)27(23)37-17(2)3/h7-10,12-15,17H,5-6,11,16H2,1-4H3. The van der Waals surface area contributed by atoms with Crippen LogP contribution in [0.5, 0.6) is 5.75 Å². The molecule has 0 spiro atoms. The minimum absolute atomic E-state index is 0.121. The number of unbranched alkanes of at least 4 members (excludes halogenated alkanes) is 1. The second-order valence-corrected chi connectivity index (χ2v) is 9.48. The molecule has 7 nitrogen and oxygen atoms in total. The van der Waals surface area contributed by atoms with Crippen molar-refractivity contribution >= 4 is 17.6 Å². The summed E-state index contributed by atoms with van der Waals surface area (Å²) in [6, 6.07) is 15.3. The van der Waals surface area contributed by atoms with Gasteiger partial charge >= 0.3 is 5.97 Å². The third-order valence-corrected chi connectivity index (χ3v) is 6.42. The molecular weight excluding hydrogens is 492 g/mol. The molecule has 0 amide bonds. The Bertz CT molecular complexity index is 1490. The van der Waals surface area contributed by atoms with Crippen LogP contribution < -0.4 is 15.6 Å². The van der Waals surface area contributed by atoms with Gasteiger partial charge in [-0.25, -0.2) is 9.78 Å². The lowest BCUT2D eigenvalue weighted by atomic mass is 9.91. The number of ether oxygens (including phenoxy) is 2. The van der Waals surface area contributed by atoms with Gasteiger partial charge in [-0.2, -0.15) is 0 Å². The Hall–Kier alpha value is -3.71. The summed E-state index contributed by atoms with van der Waals surface area (Å²) in [5.74, 6) is 0.327. The quantitative estimate of drug-likeness (QED) is 0.205. The van der Waals surface area contributed by atoms with Gasteiger partial charge in [0.05, 0.1) is 18.8 Å². The summed E-state index contributed by atoms with van der Waals surface area (Å²) >= 11 is 6.31. The summed E-state index contributed by atoms with van der Waals surface area (Å²) in [5, 5.41) is 0.135. The number of carbonyl (C=O) groups is 1. The number of aryl methyl sites for hydroxylation is 1. The highest BCUT2D eigenvalue weighted by atomic mass is 35.5. The molecule has 0 atom stereocenters. The highest BCUT2D eigenvalue weighted by molar-refractivity contribution is 6.32. The van der Waals surface area contributed by atoms with E-state index in [-0.39, 0.29) is 22.7 Å². The van der Waals surface area contributed by atoms with Crippen molar-refractivity contribution in [2.75, 3.05) is 7.11 Å². The Balaban J connectivity index is 1.68. The number of esters is 1. The van der Waals surface area contributed by atoms with Crippen molar-refractivity contribution in [2.24, 2.45) is 0 Å². The Labute approximate surface area is 220 Å². The van der Waals surface area contributed by atoms with Crippen LogP contribution in [-0.2, 0) is 17.7 Å². The Morgan fingerprint density at radius 2 is 1.70 bits per heavy atom. The smallest absolute Gasteiger partial charge is 0.357 e. The summed E-state index contributed by atoms with van der Waals surface area (Å²) in [4.78, 5) is 41.5. The third-order valence-electron chi connectivity index (χ3n) is 6.16. The molecule has 0 N–H and O–H groups in total. The van der Waals surface area contributed by atoms with Crippen LogP contribution in [-0.4, -0.2) is 28.7 Å². The zero-order chi connectivity index (χ0) is 26.7. The Morgan fingerprint density at radius 3 is 2.32 bits per heavy atom. The first-order chi connectivity index (χ1) is 17.8. The van der Waals surface area contributed by atoms with Crippen LogP contribution in [0.4, 0.5) is 0 Å². The first-order valence-corrected chi connectivity index (χ1v) is 12.7. The zero-order valence-electron chi connectivity index (χ0n) is 21.3. The molecule has 0 bridgehead atoms. The van der Waals surface area contributed by atoms with Gasteiger partial charge in [-0.1, -0.05) is 73.5 Å². The number of hydrogen-bond donors (Lipinski definition) is 0. The first-order valence-electron chi connectivity index (χ1n) is 12.3. The molecule has 8 heteroatoms. The number of imidazole rings is 1. The topological polar surface area (TPSA) is 87.5 Å². The van der Waals surface area contributed by atoms with Gasteiger partial charge in [-0.15, -0.1) is 0 Å². The normalized spacial score (nSPS) is 11.3. The molecule has 37 heavy (non-hydrogen) atoms. The lowest BCUT2D eigenvalue weighted by molar-refractivity contribution is 0.0588. The van der Waals surface area contributed by atoms with E-state index < -0.39 is 16.8 Å². The molecule has 192 valence electrons. The van der Waals surface area contributed by atoms with Gasteiger partial charge in [0, 0.05) is 13.0 Å². The molecule has 0 aliphatic rings. The van der Waals surface area contributed by atoms with E-state index in [9.17, 15) is 14.4 Å². The van der Waals surface area contributed by atoms with Gasteiger partial charge < -0.3 is 14.0 Å². The van der Waals surface area contributed by atoms with Crippen LogP contribution >= 0.6 is 11.6 Å². The molecule has 4 aromatic rings. The van der Waals surface area contributed by atoms with Crippen LogP contribution in [0.2, 0.25) is 5.15 Å². The highest BCUT2D eigenvalue weighted by Gasteiger charge is 2.27. The molecule has 4 rings (SSSR count). The average molecular weight is 521 g/mol. The van der Waals surface area contributed by atoms with Gasteiger partial charge in [-0.3, -0.25) is 9.59 Å².